The number of ether oxygens (including phenoxy) is 4. The zero-order valence-electron chi connectivity index (χ0n) is 19.6. The predicted octanol–water partition coefficient (Wildman–Crippen LogP) is 1.45. The lowest BCUT2D eigenvalue weighted by atomic mass is 9.90. The van der Waals surface area contributed by atoms with E-state index in [4.69, 9.17) is 18.9 Å². The molecule has 3 aliphatic heterocycles. The first-order valence-corrected chi connectivity index (χ1v) is 11.6. The van der Waals surface area contributed by atoms with E-state index in [1.54, 1.807) is 11.8 Å². The molecule has 35 heavy (non-hydrogen) atoms. The van der Waals surface area contributed by atoms with Crippen LogP contribution in [-0.2, 0) is 11.2 Å². The molecule has 3 aliphatic rings. The van der Waals surface area contributed by atoms with Gasteiger partial charge in [0.1, 0.15) is 6.04 Å². The van der Waals surface area contributed by atoms with Crippen molar-refractivity contribution < 1.29 is 23.7 Å². The first kappa shape index (κ1) is 21.8. The topological polar surface area (TPSA) is 104 Å². The van der Waals surface area contributed by atoms with Crippen LogP contribution in [0.5, 0.6) is 17.2 Å². The number of aromatic nitrogens is 4. The van der Waals surface area contributed by atoms with Crippen LogP contribution in [0.3, 0.4) is 0 Å². The predicted molar refractivity (Wildman–Crippen MR) is 123 cm³/mol. The van der Waals surface area contributed by atoms with Crippen LogP contribution in [0.25, 0.3) is 5.69 Å². The Labute approximate surface area is 202 Å². The summed E-state index contributed by atoms with van der Waals surface area (Å²) in [6, 6.07) is 9.14. The van der Waals surface area contributed by atoms with Crippen molar-refractivity contribution in [3.05, 3.63) is 52.8 Å². The normalized spacial score (nSPS) is 19.5. The molecular weight excluding hydrogens is 452 g/mol. The number of amides is 1. The lowest BCUT2D eigenvalue weighted by molar-refractivity contribution is 0.0303. The van der Waals surface area contributed by atoms with E-state index in [0.29, 0.717) is 54.9 Å². The highest BCUT2D eigenvalue weighted by molar-refractivity contribution is 5.94. The number of methoxy groups -OCH3 is 1. The molecule has 1 aromatic heterocycles. The summed E-state index contributed by atoms with van der Waals surface area (Å²) in [6.07, 6.45) is 0.843. The van der Waals surface area contributed by atoms with Crippen LogP contribution in [0.2, 0.25) is 0 Å². The van der Waals surface area contributed by atoms with Gasteiger partial charge in [0.25, 0.3) is 5.91 Å². The standard InChI is InChI=1S/C24H26N6O5/c1-28-8-7-16-13-18-21(35-14-34-18)22(32-2)19(16)20(28)23-25-26-27-30(23)17-5-3-15(4-6-17)24(31)29-9-11-33-12-10-29/h3-6,13,20H,7-12,14H2,1-2H3/t20-/m1/s1. The molecule has 11 heteroatoms. The van der Waals surface area contributed by atoms with Crippen LogP contribution in [0.1, 0.15) is 33.4 Å². The summed E-state index contributed by atoms with van der Waals surface area (Å²) in [4.78, 5) is 16.8. The van der Waals surface area contributed by atoms with Crippen molar-refractivity contribution in [2.45, 2.75) is 12.5 Å². The summed E-state index contributed by atoms with van der Waals surface area (Å²) in [7, 11) is 3.68. The molecule has 1 amide bonds. The van der Waals surface area contributed by atoms with Crippen molar-refractivity contribution >= 4 is 5.91 Å². The van der Waals surface area contributed by atoms with Gasteiger partial charge in [-0.05, 0) is 59.8 Å². The second-order valence-corrected chi connectivity index (χ2v) is 8.75. The number of benzene rings is 2. The van der Waals surface area contributed by atoms with E-state index in [-0.39, 0.29) is 18.7 Å². The Bertz CT molecular complexity index is 1250. The van der Waals surface area contributed by atoms with Gasteiger partial charge in [0.2, 0.25) is 12.5 Å². The number of tetrazole rings is 1. The van der Waals surface area contributed by atoms with Gasteiger partial charge in [0, 0.05) is 30.8 Å². The zero-order chi connectivity index (χ0) is 23.9. The van der Waals surface area contributed by atoms with Gasteiger partial charge in [-0.1, -0.05) is 0 Å². The fraction of sp³-hybridized carbons (Fsp3) is 0.417. The van der Waals surface area contributed by atoms with Gasteiger partial charge in [-0.25, -0.2) is 0 Å². The minimum absolute atomic E-state index is 0.00135. The number of fused-ring (bicyclic) bond motifs is 2. The lowest BCUT2D eigenvalue weighted by Gasteiger charge is -2.34. The molecule has 1 saturated heterocycles. The molecule has 0 N–H and O–H groups in total. The molecule has 0 aliphatic carbocycles. The smallest absolute Gasteiger partial charge is 0.254 e. The van der Waals surface area contributed by atoms with Gasteiger partial charge < -0.3 is 23.8 Å². The third-order valence-corrected chi connectivity index (χ3v) is 6.79. The summed E-state index contributed by atoms with van der Waals surface area (Å²) in [5.74, 6) is 2.60. The van der Waals surface area contributed by atoms with E-state index in [9.17, 15) is 4.79 Å². The summed E-state index contributed by atoms with van der Waals surface area (Å²) >= 11 is 0. The van der Waals surface area contributed by atoms with E-state index in [0.717, 1.165) is 29.8 Å². The summed E-state index contributed by atoms with van der Waals surface area (Å²) in [5.41, 5.74) is 3.49. The molecule has 182 valence electrons. The van der Waals surface area contributed by atoms with Crippen molar-refractivity contribution in [2.24, 2.45) is 0 Å². The van der Waals surface area contributed by atoms with Crippen LogP contribution >= 0.6 is 0 Å². The summed E-state index contributed by atoms with van der Waals surface area (Å²) in [5, 5.41) is 12.7. The van der Waals surface area contributed by atoms with Crippen LogP contribution < -0.4 is 14.2 Å². The summed E-state index contributed by atoms with van der Waals surface area (Å²) < 4.78 is 24.2. The number of nitrogens with zero attached hydrogens (tertiary/aromatic N) is 6. The van der Waals surface area contributed by atoms with E-state index >= 15 is 0 Å². The molecule has 0 bridgehead atoms. The number of hydrogen-bond acceptors (Lipinski definition) is 9. The van der Waals surface area contributed by atoms with Gasteiger partial charge >= 0.3 is 0 Å². The molecule has 6 rings (SSSR count). The average Bonchev–Trinajstić information content (AvgIpc) is 3.57. The van der Waals surface area contributed by atoms with Crippen molar-refractivity contribution in [1.82, 2.24) is 30.0 Å². The van der Waals surface area contributed by atoms with Crippen molar-refractivity contribution in [3.63, 3.8) is 0 Å². The Hall–Kier alpha value is -3.70. The fourth-order valence-corrected chi connectivity index (χ4v) is 5.00. The SMILES string of the molecule is COc1c2c(cc3c1[C@H](c1nnnn1-c1ccc(C(=O)N4CCOCC4)cc1)N(C)CC3)OCO2. The molecule has 2 aromatic carbocycles. The Morgan fingerprint density at radius 3 is 2.69 bits per heavy atom. The highest BCUT2D eigenvalue weighted by Gasteiger charge is 2.37. The number of morpholine rings is 1. The number of rotatable bonds is 4. The van der Waals surface area contributed by atoms with Gasteiger partial charge in [0.05, 0.1) is 26.0 Å². The van der Waals surface area contributed by atoms with E-state index in [1.807, 2.05) is 42.3 Å². The molecular formula is C24H26N6O5. The van der Waals surface area contributed by atoms with Crippen molar-refractivity contribution in [1.29, 1.82) is 0 Å². The Balaban J connectivity index is 1.36. The quantitative estimate of drug-likeness (QED) is 0.551. The molecule has 0 saturated carbocycles. The minimum atomic E-state index is -0.257. The van der Waals surface area contributed by atoms with Crippen molar-refractivity contribution in [3.8, 4) is 22.9 Å². The van der Waals surface area contributed by atoms with E-state index < -0.39 is 0 Å². The van der Waals surface area contributed by atoms with Crippen LogP contribution in [0, 0.1) is 0 Å². The Morgan fingerprint density at radius 1 is 1.11 bits per heavy atom. The first-order chi connectivity index (χ1) is 17.2. The molecule has 0 spiro atoms. The highest BCUT2D eigenvalue weighted by atomic mass is 16.7. The molecule has 0 unspecified atom stereocenters. The maximum atomic E-state index is 12.8. The molecule has 3 aromatic rings. The van der Waals surface area contributed by atoms with Gasteiger partial charge in [-0.3, -0.25) is 9.69 Å². The fourth-order valence-electron chi connectivity index (χ4n) is 5.00. The van der Waals surface area contributed by atoms with E-state index in [1.165, 1.54) is 0 Å². The van der Waals surface area contributed by atoms with Crippen LogP contribution in [-0.4, -0.2) is 89.7 Å². The average molecular weight is 479 g/mol. The monoisotopic (exact) mass is 478 g/mol. The Kier molecular flexibility index (Phi) is 5.50. The second-order valence-electron chi connectivity index (χ2n) is 8.75. The van der Waals surface area contributed by atoms with Crippen molar-refractivity contribution in [2.75, 3.05) is 53.8 Å². The van der Waals surface area contributed by atoms with Crippen LogP contribution in [0.4, 0.5) is 0 Å². The third kappa shape index (κ3) is 3.67. The minimum Gasteiger partial charge on any atom is -0.492 e. The molecule has 11 nitrogen and oxygen atoms in total. The maximum absolute atomic E-state index is 12.8. The summed E-state index contributed by atoms with van der Waals surface area (Å²) in [6.45, 7) is 3.33. The Morgan fingerprint density at radius 2 is 1.91 bits per heavy atom. The van der Waals surface area contributed by atoms with Crippen LogP contribution in [0.15, 0.2) is 30.3 Å². The first-order valence-electron chi connectivity index (χ1n) is 11.6. The highest BCUT2D eigenvalue weighted by Crippen LogP contribution is 2.50. The lowest BCUT2D eigenvalue weighted by Crippen LogP contribution is -2.40. The zero-order valence-corrected chi connectivity index (χ0v) is 19.6. The van der Waals surface area contributed by atoms with Gasteiger partial charge in [0.15, 0.2) is 17.3 Å². The van der Waals surface area contributed by atoms with Gasteiger partial charge in [-0.15, -0.1) is 5.10 Å². The van der Waals surface area contributed by atoms with Gasteiger partial charge in [-0.2, -0.15) is 4.68 Å². The second kappa shape index (κ2) is 8.82. The van der Waals surface area contributed by atoms with E-state index in [2.05, 4.69) is 20.4 Å². The third-order valence-electron chi connectivity index (χ3n) is 6.79. The molecule has 4 heterocycles. The number of carbonyl (C=O) groups excluding carboxylic acids is 1. The molecule has 1 fully saturated rings. The largest absolute Gasteiger partial charge is 0.492 e. The number of hydrogen-bond donors (Lipinski definition) is 0. The molecule has 1 atom stereocenters. The molecule has 0 radical (unpaired) electrons. The number of likely N-dealkylation sites (N-methyl/N-ethyl adjacent to an activating group) is 1. The maximum Gasteiger partial charge on any atom is 0.254 e. The number of carbonyl (C=O) groups is 1.